The zero-order valence-electron chi connectivity index (χ0n) is 6.12. The maximum absolute atomic E-state index is 4.30. The lowest BCUT2D eigenvalue weighted by molar-refractivity contribution is 0.378. The molecule has 0 aromatic carbocycles. The number of rotatable bonds is 0. The maximum atomic E-state index is 4.30. The average Bonchev–Trinajstić information content (AvgIpc) is 2.05. The number of hydrogen-bond acceptors (Lipinski definition) is 2. The fourth-order valence-electron chi connectivity index (χ4n) is 1.86. The first kappa shape index (κ1) is 6.71. The molecule has 0 spiro atoms. The van der Waals surface area contributed by atoms with E-state index in [9.17, 15) is 0 Å². The van der Waals surface area contributed by atoms with Gasteiger partial charge in [-0.05, 0) is 18.8 Å². The summed E-state index contributed by atoms with van der Waals surface area (Å²) in [6, 6.07) is 0. The summed E-state index contributed by atoms with van der Waals surface area (Å²) in [5, 5.41) is 0.922. The van der Waals surface area contributed by atoms with Crippen molar-refractivity contribution < 1.29 is 0 Å². The molecule has 2 heteroatoms. The second kappa shape index (κ2) is 2.95. The Balaban J connectivity index is 2.01. The molecule has 0 amide bonds. The van der Waals surface area contributed by atoms with E-state index in [2.05, 4.69) is 4.99 Å². The molecule has 56 valence electrons. The Labute approximate surface area is 66.3 Å². The molecule has 1 saturated carbocycles. The minimum absolute atomic E-state index is 0.920. The minimum Gasteiger partial charge on any atom is -0.286 e. The van der Waals surface area contributed by atoms with E-state index in [-0.39, 0.29) is 0 Å². The van der Waals surface area contributed by atoms with E-state index in [1.165, 1.54) is 25.7 Å². The SMILES string of the molecule is C1=NC[C@@H]2CCCC[C@H]2S1. The lowest BCUT2D eigenvalue weighted by atomic mass is 9.89. The molecule has 2 rings (SSSR count). The van der Waals surface area contributed by atoms with Gasteiger partial charge in [0.05, 0.1) is 5.55 Å². The normalized spacial score (nSPS) is 39.2. The number of thioether (sulfide) groups is 1. The third-order valence-corrected chi connectivity index (χ3v) is 3.73. The zero-order chi connectivity index (χ0) is 6.81. The van der Waals surface area contributed by atoms with E-state index in [0.29, 0.717) is 0 Å². The van der Waals surface area contributed by atoms with Gasteiger partial charge in [0.25, 0.3) is 0 Å². The van der Waals surface area contributed by atoms with Gasteiger partial charge in [-0.3, -0.25) is 4.99 Å². The molecule has 0 aromatic rings. The maximum Gasteiger partial charge on any atom is 0.0544 e. The molecule has 0 saturated heterocycles. The molecule has 0 N–H and O–H groups in total. The fraction of sp³-hybridized carbons (Fsp3) is 0.875. The summed E-state index contributed by atoms with van der Waals surface area (Å²) in [7, 11) is 0. The highest BCUT2D eigenvalue weighted by atomic mass is 32.2. The van der Waals surface area contributed by atoms with Crippen molar-refractivity contribution in [3.05, 3.63) is 0 Å². The highest BCUT2D eigenvalue weighted by molar-refractivity contribution is 8.12. The van der Waals surface area contributed by atoms with Crippen LogP contribution in [0.5, 0.6) is 0 Å². The van der Waals surface area contributed by atoms with E-state index in [4.69, 9.17) is 0 Å². The van der Waals surface area contributed by atoms with Crippen LogP contribution >= 0.6 is 11.8 Å². The third-order valence-electron chi connectivity index (χ3n) is 2.49. The smallest absolute Gasteiger partial charge is 0.0544 e. The lowest BCUT2D eigenvalue weighted by Crippen LogP contribution is -2.26. The molecule has 0 radical (unpaired) electrons. The van der Waals surface area contributed by atoms with Crippen molar-refractivity contribution >= 4 is 17.3 Å². The Bertz CT molecular complexity index is 128. The van der Waals surface area contributed by atoms with E-state index >= 15 is 0 Å². The second-order valence-electron chi connectivity index (χ2n) is 3.19. The van der Waals surface area contributed by atoms with Gasteiger partial charge in [-0.2, -0.15) is 0 Å². The molecule has 0 bridgehead atoms. The first-order valence-electron chi connectivity index (χ1n) is 4.10. The van der Waals surface area contributed by atoms with Gasteiger partial charge in [0.2, 0.25) is 0 Å². The quantitative estimate of drug-likeness (QED) is 0.523. The number of hydrogen-bond donors (Lipinski definition) is 0. The summed E-state index contributed by atoms with van der Waals surface area (Å²) in [6.07, 6.45) is 5.75. The Morgan fingerprint density at radius 2 is 2.20 bits per heavy atom. The molecule has 1 aliphatic heterocycles. The van der Waals surface area contributed by atoms with Gasteiger partial charge in [-0.25, -0.2) is 0 Å². The van der Waals surface area contributed by atoms with Gasteiger partial charge in [-0.15, -0.1) is 11.8 Å². The molecule has 2 atom stereocenters. The highest BCUT2D eigenvalue weighted by Gasteiger charge is 2.26. The van der Waals surface area contributed by atoms with E-state index in [0.717, 1.165) is 17.7 Å². The van der Waals surface area contributed by atoms with Crippen molar-refractivity contribution in [3.63, 3.8) is 0 Å². The molecule has 1 aliphatic carbocycles. The van der Waals surface area contributed by atoms with Crippen molar-refractivity contribution in [3.8, 4) is 0 Å². The Kier molecular flexibility index (Phi) is 1.98. The van der Waals surface area contributed by atoms with Crippen LogP contribution < -0.4 is 0 Å². The monoisotopic (exact) mass is 155 g/mol. The third kappa shape index (κ3) is 1.22. The van der Waals surface area contributed by atoms with Gasteiger partial charge < -0.3 is 0 Å². The van der Waals surface area contributed by atoms with Crippen LogP contribution in [0, 0.1) is 5.92 Å². The van der Waals surface area contributed by atoms with E-state index in [1.807, 2.05) is 17.3 Å². The summed E-state index contributed by atoms with van der Waals surface area (Å²) in [5.74, 6) is 0.920. The average molecular weight is 155 g/mol. The first-order chi connectivity index (χ1) is 4.97. The first-order valence-corrected chi connectivity index (χ1v) is 5.05. The van der Waals surface area contributed by atoms with Crippen LogP contribution in [0.15, 0.2) is 4.99 Å². The van der Waals surface area contributed by atoms with Gasteiger partial charge in [-0.1, -0.05) is 12.8 Å². The molecule has 0 unspecified atom stereocenters. The summed E-state index contributed by atoms with van der Waals surface area (Å²) in [4.78, 5) is 4.30. The van der Waals surface area contributed by atoms with Gasteiger partial charge in [0.1, 0.15) is 0 Å². The molecule has 1 nitrogen and oxygen atoms in total. The Hall–Kier alpha value is 0.0200. The molecule has 10 heavy (non-hydrogen) atoms. The lowest BCUT2D eigenvalue weighted by Gasteiger charge is -2.31. The van der Waals surface area contributed by atoms with Crippen molar-refractivity contribution in [2.45, 2.75) is 30.9 Å². The van der Waals surface area contributed by atoms with Crippen LogP contribution in [-0.4, -0.2) is 17.3 Å². The van der Waals surface area contributed by atoms with E-state index in [1.54, 1.807) is 0 Å². The minimum atomic E-state index is 0.920. The van der Waals surface area contributed by atoms with Crippen molar-refractivity contribution in [2.75, 3.05) is 6.54 Å². The van der Waals surface area contributed by atoms with Crippen molar-refractivity contribution in [1.29, 1.82) is 0 Å². The van der Waals surface area contributed by atoms with Crippen molar-refractivity contribution in [1.82, 2.24) is 0 Å². The fourth-order valence-corrected chi connectivity index (χ4v) is 2.94. The number of fused-ring (bicyclic) bond motifs is 1. The molecule has 2 aliphatic rings. The Morgan fingerprint density at radius 1 is 1.30 bits per heavy atom. The van der Waals surface area contributed by atoms with Crippen LogP contribution in [0.25, 0.3) is 0 Å². The number of nitrogens with zero attached hydrogens (tertiary/aromatic N) is 1. The summed E-state index contributed by atoms with van der Waals surface area (Å²) in [5.41, 5.74) is 2.05. The topological polar surface area (TPSA) is 12.4 Å². The van der Waals surface area contributed by atoms with Gasteiger partial charge >= 0.3 is 0 Å². The molecule has 1 fully saturated rings. The zero-order valence-corrected chi connectivity index (χ0v) is 6.94. The summed E-state index contributed by atoms with van der Waals surface area (Å²) in [6.45, 7) is 1.11. The van der Waals surface area contributed by atoms with Crippen LogP contribution in [-0.2, 0) is 0 Å². The molecule has 1 heterocycles. The van der Waals surface area contributed by atoms with Crippen LogP contribution in [0.3, 0.4) is 0 Å². The van der Waals surface area contributed by atoms with Gasteiger partial charge in [0, 0.05) is 11.8 Å². The Morgan fingerprint density at radius 3 is 3.10 bits per heavy atom. The highest BCUT2D eigenvalue weighted by Crippen LogP contribution is 2.34. The second-order valence-corrected chi connectivity index (χ2v) is 4.28. The summed E-state index contributed by atoms with van der Waals surface area (Å²) < 4.78 is 0. The van der Waals surface area contributed by atoms with E-state index < -0.39 is 0 Å². The predicted octanol–water partition coefficient (Wildman–Crippen LogP) is 2.32. The van der Waals surface area contributed by atoms with Crippen LogP contribution in [0.1, 0.15) is 25.7 Å². The number of aliphatic imine (C=N–C) groups is 1. The van der Waals surface area contributed by atoms with Gasteiger partial charge in [0.15, 0.2) is 0 Å². The predicted molar refractivity (Wildman–Crippen MR) is 46.7 cm³/mol. The molecular weight excluding hydrogens is 142 g/mol. The van der Waals surface area contributed by atoms with Crippen LogP contribution in [0.2, 0.25) is 0 Å². The largest absolute Gasteiger partial charge is 0.286 e. The standard InChI is InChI=1S/C8H13NS/c1-2-4-8-7(3-1)5-9-6-10-8/h6-8H,1-5H2/t7-,8+/m0/s1. The molecular formula is C8H13NS. The summed E-state index contributed by atoms with van der Waals surface area (Å²) >= 11 is 1.96. The van der Waals surface area contributed by atoms with Crippen molar-refractivity contribution in [2.24, 2.45) is 10.9 Å². The van der Waals surface area contributed by atoms with Crippen LogP contribution in [0.4, 0.5) is 0 Å². The molecule has 0 aromatic heterocycles.